The van der Waals surface area contributed by atoms with Gasteiger partial charge in [-0.15, -0.1) is 0 Å². The Bertz CT molecular complexity index is 449. The lowest BCUT2D eigenvalue weighted by atomic mass is 10.1. The minimum absolute atomic E-state index is 0.0866. The number of ether oxygens (including phenoxy) is 2. The zero-order valence-corrected chi connectivity index (χ0v) is 11.1. The Morgan fingerprint density at radius 1 is 1.32 bits per heavy atom. The molecule has 0 heterocycles. The van der Waals surface area contributed by atoms with Crippen molar-refractivity contribution < 1.29 is 22.6 Å². The van der Waals surface area contributed by atoms with E-state index in [-0.39, 0.29) is 22.9 Å². The van der Waals surface area contributed by atoms with Gasteiger partial charge in [-0.05, 0) is 18.2 Å². The molecule has 0 aliphatic heterocycles. The molecule has 0 bridgehead atoms. The summed E-state index contributed by atoms with van der Waals surface area (Å²) in [5.74, 6) is -0.233. The maximum atomic E-state index is 12.9. The van der Waals surface area contributed by atoms with Gasteiger partial charge in [0.15, 0.2) is 0 Å². The molecule has 0 spiro atoms. The van der Waals surface area contributed by atoms with Crippen molar-refractivity contribution in [1.29, 1.82) is 0 Å². The Kier molecular flexibility index (Phi) is 5.56. The van der Waals surface area contributed by atoms with Crippen LogP contribution in [-0.4, -0.2) is 25.3 Å². The molecular weight excluding hydrogens is 279 g/mol. The van der Waals surface area contributed by atoms with E-state index in [1.54, 1.807) is 0 Å². The maximum Gasteiger partial charge on any atom is 0.419 e. The van der Waals surface area contributed by atoms with Crippen molar-refractivity contribution in [3.8, 4) is 5.75 Å². The van der Waals surface area contributed by atoms with Gasteiger partial charge in [0.25, 0.3) is 0 Å². The number of rotatable bonds is 6. The van der Waals surface area contributed by atoms with Crippen LogP contribution in [0.3, 0.4) is 0 Å². The van der Waals surface area contributed by atoms with Gasteiger partial charge in [0, 0.05) is 25.7 Å². The number of hydrogen-bond donors (Lipinski definition) is 1. The van der Waals surface area contributed by atoms with E-state index in [2.05, 4.69) is 12.2 Å². The molecule has 7 heteroatoms. The molecule has 0 radical (unpaired) electrons. The zero-order chi connectivity index (χ0) is 14.5. The van der Waals surface area contributed by atoms with E-state index in [9.17, 15) is 13.2 Å². The van der Waals surface area contributed by atoms with Crippen LogP contribution in [0, 0.1) is 0 Å². The van der Waals surface area contributed by atoms with Crippen LogP contribution in [0.25, 0.3) is 0 Å². The van der Waals surface area contributed by atoms with Gasteiger partial charge in [0.2, 0.25) is 0 Å². The normalized spacial score (nSPS) is 11.4. The third-order valence-corrected chi connectivity index (χ3v) is 2.56. The Morgan fingerprint density at radius 3 is 2.53 bits per heavy atom. The Balaban J connectivity index is 2.93. The minimum Gasteiger partial charge on any atom is -0.493 e. The highest BCUT2D eigenvalue weighted by Gasteiger charge is 2.34. The largest absolute Gasteiger partial charge is 0.493 e. The van der Waals surface area contributed by atoms with Crippen molar-refractivity contribution in [1.82, 2.24) is 0 Å². The number of benzene rings is 1. The molecule has 0 aromatic heterocycles. The summed E-state index contributed by atoms with van der Waals surface area (Å²) in [5.41, 5.74) is 4.60. The molecule has 106 valence electrons. The summed E-state index contributed by atoms with van der Waals surface area (Å²) in [5, 5.41) is 0. The van der Waals surface area contributed by atoms with Crippen molar-refractivity contribution in [2.24, 2.45) is 5.73 Å². The summed E-state index contributed by atoms with van der Waals surface area (Å²) in [6, 6.07) is 3.53. The van der Waals surface area contributed by atoms with E-state index in [0.29, 0.717) is 13.0 Å². The van der Waals surface area contributed by atoms with E-state index >= 15 is 0 Å². The highest BCUT2D eigenvalue weighted by atomic mass is 32.1. The van der Waals surface area contributed by atoms with Crippen LogP contribution in [-0.2, 0) is 10.9 Å². The monoisotopic (exact) mass is 293 g/mol. The van der Waals surface area contributed by atoms with Gasteiger partial charge in [-0.2, -0.15) is 13.2 Å². The van der Waals surface area contributed by atoms with Crippen LogP contribution in [0.5, 0.6) is 5.75 Å². The molecule has 0 aliphatic carbocycles. The lowest BCUT2D eigenvalue weighted by Gasteiger charge is -2.15. The number of hydrogen-bond acceptors (Lipinski definition) is 3. The smallest absolute Gasteiger partial charge is 0.419 e. The van der Waals surface area contributed by atoms with Crippen molar-refractivity contribution >= 4 is 17.2 Å². The predicted molar refractivity (Wildman–Crippen MR) is 69.3 cm³/mol. The zero-order valence-electron chi connectivity index (χ0n) is 10.3. The average Bonchev–Trinajstić information content (AvgIpc) is 2.33. The third-order valence-electron chi connectivity index (χ3n) is 2.32. The number of methoxy groups -OCH3 is 1. The second kappa shape index (κ2) is 6.72. The molecule has 3 nitrogen and oxygen atoms in total. The molecule has 0 amide bonds. The Labute approximate surface area is 114 Å². The fourth-order valence-corrected chi connectivity index (χ4v) is 1.54. The van der Waals surface area contributed by atoms with Gasteiger partial charge in [-0.1, -0.05) is 12.2 Å². The van der Waals surface area contributed by atoms with Gasteiger partial charge in [-0.25, -0.2) is 0 Å². The van der Waals surface area contributed by atoms with Gasteiger partial charge in [-0.3, -0.25) is 0 Å². The summed E-state index contributed by atoms with van der Waals surface area (Å²) >= 11 is 4.66. The molecular formula is C12H14F3NO2S. The van der Waals surface area contributed by atoms with Crippen LogP contribution < -0.4 is 10.5 Å². The maximum absolute atomic E-state index is 12.9. The Morgan fingerprint density at radius 2 is 2.00 bits per heavy atom. The van der Waals surface area contributed by atoms with Crippen LogP contribution in [0.2, 0.25) is 0 Å². The van der Waals surface area contributed by atoms with Gasteiger partial charge >= 0.3 is 6.18 Å². The SMILES string of the molecule is COCCCOc1ccc(C(N)=S)cc1C(F)(F)F. The van der Waals surface area contributed by atoms with E-state index in [0.717, 1.165) is 6.07 Å². The molecule has 0 saturated heterocycles. The molecule has 0 saturated carbocycles. The predicted octanol–water partition coefficient (Wildman–Crippen LogP) is 2.75. The summed E-state index contributed by atoms with van der Waals surface area (Å²) in [6.45, 7) is 0.565. The lowest BCUT2D eigenvalue weighted by Crippen LogP contribution is -2.14. The third kappa shape index (κ3) is 4.68. The van der Waals surface area contributed by atoms with E-state index in [4.69, 9.17) is 15.2 Å². The van der Waals surface area contributed by atoms with Crippen LogP contribution in [0.15, 0.2) is 18.2 Å². The summed E-state index contributed by atoms with van der Waals surface area (Å²) in [4.78, 5) is -0.0866. The standard InChI is InChI=1S/C12H14F3NO2S/c1-17-5-2-6-18-10-4-3-8(11(16)19)7-9(10)12(13,14)15/h3-4,7H,2,5-6H2,1H3,(H2,16,19). The van der Waals surface area contributed by atoms with Crippen molar-refractivity contribution in [2.75, 3.05) is 20.3 Å². The van der Waals surface area contributed by atoms with E-state index in [1.165, 1.54) is 19.2 Å². The number of nitrogens with two attached hydrogens (primary N) is 1. The molecule has 1 aromatic carbocycles. The fourth-order valence-electron chi connectivity index (χ4n) is 1.42. The average molecular weight is 293 g/mol. The molecule has 0 aliphatic rings. The second-order valence-electron chi connectivity index (χ2n) is 3.77. The molecule has 0 atom stereocenters. The summed E-state index contributed by atoms with van der Waals surface area (Å²) in [7, 11) is 1.51. The summed E-state index contributed by atoms with van der Waals surface area (Å²) in [6.07, 6.45) is -4.01. The quantitative estimate of drug-likeness (QED) is 0.647. The van der Waals surface area contributed by atoms with Crippen molar-refractivity contribution in [2.45, 2.75) is 12.6 Å². The first-order chi connectivity index (χ1) is 8.86. The number of halogens is 3. The topological polar surface area (TPSA) is 44.5 Å². The number of thiocarbonyl (C=S) groups is 1. The van der Waals surface area contributed by atoms with Crippen LogP contribution >= 0.6 is 12.2 Å². The first kappa shape index (κ1) is 15.7. The highest BCUT2D eigenvalue weighted by Crippen LogP contribution is 2.36. The molecule has 0 fully saturated rings. The minimum atomic E-state index is -4.52. The van der Waals surface area contributed by atoms with Gasteiger partial charge < -0.3 is 15.2 Å². The molecule has 19 heavy (non-hydrogen) atoms. The fraction of sp³-hybridized carbons (Fsp3) is 0.417. The van der Waals surface area contributed by atoms with Gasteiger partial charge in [0.1, 0.15) is 10.7 Å². The highest BCUT2D eigenvalue weighted by molar-refractivity contribution is 7.80. The summed E-state index contributed by atoms with van der Waals surface area (Å²) < 4.78 is 48.5. The lowest BCUT2D eigenvalue weighted by molar-refractivity contribution is -0.139. The van der Waals surface area contributed by atoms with Crippen LogP contribution in [0.4, 0.5) is 13.2 Å². The number of alkyl halides is 3. The van der Waals surface area contributed by atoms with Gasteiger partial charge in [0.05, 0.1) is 12.2 Å². The van der Waals surface area contributed by atoms with Crippen LogP contribution in [0.1, 0.15) is 17.5 Å². The molecule has 2 N–H and O–H groups in total. The second-order valence-corrected chi connectivity index (χ2v) is 4.21. The van der Waals surface area contributed by atoms with Crippen molar-refractivity contribution in [3.05, 3.63) is 29.3 Å². The van der Waals surface area contributed by atoms with E-state index < -0.39 is 11.7 Å². The molecule has 1 rings (SSSR count). The first-order valence-corrected chi connectivity index (χ1v) is 5.90. The molecule has 0 unspecified atom stereocenters. The molecule has 1 aromatic rings. The van der Waals surface area contributed by atoms with E-state index in [1.807, 2.05) is 0 Å². The Hall–Kier alpha value is -1.34. The first-order valence-electron chi connectivity index (χ1n) is 5.49. The van der Waals surface area contributed by atoms with Crippen molar-refractivity contribution in [3.63, 3.8) is 0 Å².